The summed E-state index contributed by atoms with van der Waals surface area (Å²) in [5.74, 6) is -2.12. The van der Waals surface area contributed by atoms with E-state index in [2.05, 4.69) is 5.32 Å². The fraction of sp³-hybridized carbons (Fsp3) is 0.250. The highest BCUT2D eigenvalue weighted by molar-refractivity contribution is 6.14. The molecule has 1 aliphatic rings. The Morgan fingerprint density at radius 2 is 1.61 bits per heavy atom. The van der Waals surface area contributed by atoms with Gasteiger partial charge in [-0.15, -0.1) is 0 Å². The lowest BCUT2D eigenvalue weighted by Gasteiger charge is -2.31. The van der Waals surface area contributed by atoms with Crippen LogP contribution in [0.3, 0.4) is 0 Å². The van der Waals surface area contributed by atoms with Crippen molar-refractivity contribution in [2.24, 2.45) is 0 Å². The lowest BCUT2D eigenvalue weighted by atomic mass is 9.98. The Labute approximate surface area is 217 Å². The fourth-order valence-electron chi connectivity index (χ4n) is 4.01. The number of rotatable bonds is 7. The highest BCUT2D eigenvalue weighted by Gasteiger charge is 2.32. The highest BCUT2D eigenvalue weighted by Crippen LogP contribution is 2.35. The van der Waals surface area contributed by atoms with E-state index in [1.807, 2.05) is 6.92 Å². The molecule has 198 valence electrons. The summed E-state index contributed by atoms with van der Waals surface area (Å²) in [6, 6.07) is 16.0. The van der Waals surface area contributed by atoms with Gasteiger partial charge in [-0.2, -0.15) is 13.2 Å². The number of esters is 1. The number of anilines is 2. The number of amides is 1. The summed E-state index contributed by atoms with van der Waals surface area (Å²) < 4.78 is 50.4. The fourth-order valence-corrected chi connectivity index (χ4v) is 4.01. The smallest absolute Gasteiger partial charge is 0.416 e. The van der Waals surface area contributed by atoms with Gasteiger partial charge in [0, 0.05) is 24.2 Å². The molecule has 1 saturated heterocycles. The Morgan fingerprint density at radius 3 is 2.26 bits per heavy atom. The van der Waals surface area contributed by atoms with E-state index in [9.17, 15) is 27.6 Å². The monoisotopic (exact) mass is 526 g/mol. The number of halogens is 3. The Balaban J connectivity index is 1.48. The maximum atomic E-state index is 13.3. The molecule has 1 N–H and O–H groups in total. The maximum Gasteiger partial charge on any atom is 0.416 e. The van der Waals surface area contributed by atoms with E-state index in [1.54, 1.807) is 41.3 Å². The van der Waals surface area contributed by atoms with Crippen molar-refractivity contribution in [3.8, 4) is 0 Å². The minimum atomic E-state index is -4.61. The zero-order valence-corrected chi connectivity index (χ0v) is 20.5. The van der Waals surface area contributed by atoms with Crippen LogP contribution >= 0.6 is 0 Å². The first-order valence-corrected chi connectivity index (χ1v) is 11.8. The first-order valence-electron chi connectivity index (χ1n) is 11.8. The van der Waals surface area contributed by atoms with Crippen LogP contribution in [0.1, 0.15) is 37.4 Å². The van der Waals surface area contributed by atoms with E-state index in [-0.39, 0.29) is 22.6 Å². The van der Waals surface area contributed by atoms with Crippen LogP contribution in [0.15, 0.2) is 66.7 Å². The summed E-state index contributed by atoms with van der Waals surface area (Å²) >= 11 is 0. The number of hydrogen-bond donors (Lipinski definition) is 1. The quantitative estimate of drug-likeness (QED) is 0.349. The summed E-state index contributed by atoms with van der Waals surface area (Å²) in [6.45, 7) is 2.79. The first-order chi connectivity index (χ1) is 18.1. The number of aryl methyl sites for hydroxylation is 1. The van der Waals surface area contributed by atoms with Gasteiger partial charge in [0.25, 0.3) is 5.91 Å². The van der Waals surface area contributed by atoms with E-state index in [1.165, 1.54) is 18.2 Å². The third-order valence-corrected chi connectivity index (χ3v) is 5.99. The van der Waals surface area contributed by atoms with Crippen LogP contribution in [0.25, 0.3) is 0 Å². The largest absolute Gasteiger partial charge is 0.452 e. The van der Waals surface area contributed by atoms with Gasteiger partial charge in [0.15, 0.2) is 12.4 Å². The number of carbonyl (C=O) groups is 3. The van der Waals surface area contributed by atoms with Crippen LogP contribution in [0.2, 0.25) is 0 Å². The molecule has 4 rings (SSSR count). The molecule has 0 radical (unpaired) electrons. The molecule has 0 saturated carbocycles. The number of nitrogens with zero attached hydrogens (tertiary/aromatic N) is 1. The Kier molecular flexibility index (Phi) is 8.11. The minimum Gasteiger partial charge on any atom is -0.452 e. The van der Waals surface area contributed by atoms with Crippen molar-refractivity contribution < 1.29 is 37.0 Å². The van der Waals surface area contributed by atoms with Crippen molar-refractivity contribution in [3.63, 3.8) is 0 Å². The van der Waals surface area contributed by atoms with Crippen LogP contribution in [0.4, 0.5) is 24.5 Å². The van der Waals surface area contributed by atoms with E-state index in [4.69, 9.17) is 9.47 Å². The normalized spacial score (nSPS) is 13.6. The van der Waals surface area contributed by atoms with Gasteiger partial charge in [-0.3, -0.25) is 9.59 Å². The molecule has 38 heavy (non-hydrogen) atoms. The van der Waals surface area contributed by atoms with Crippen molar-refractivity contribution in [1.29, 1.82) is 0 Å². The number of ether oxygens (including phenoxy) is 2. The van der Waals surface area contributed by atoms with Crippen molar-refractivity contribution in [2.45, 2.75) is 13.1 Å². The molecule has 3 aromatic carbocycles. The van der Waals surface area contributed by atoms with E-state index < -0.39 is 30.2 Å². The maximum absolute atomic E-state index is 13.3. The van der Waals surface area contributed by atoms with Crippen molar-refractivity contribution >= 4 is 29.0 Å². The zero-order valence-electron chi connectivity index (χ0n) is 20.5. The molecule has 0 unspecified atom stereocenters. The first kappa shape index (κ1) is 26.9. The van der Waals surface area contributed by atoms with Crippen LogP contribution in [0.5, 0.6) is 0 Å². The van der Waals surface area contributed by atoms with E-state index in [0.29, 0.717) is 37.6 Å². The van der Waals surface area contributed by atoms with Crippen molar-refractivity contribution in [2.75, 3.05) is 43.1 Å². The number of morpholine rings is 1. The summed E-state index contributed by atoms with van der Waals surface area (Å²) in [5, 5.41) is 2.43. The van der Waals surface area contributed by atoms with Crippen LogP contribution < -0.4 is 10.2 Å². The topological polar surface area (TPSA) is 84.9 Å². The number of alkyl halides is 3. The summed E-state index contributed by atoms with van der Waals surface area (Å²) in [5.41, 5.74) is 0.845. The third-order valence-electron chi connectivity index (χ3n) is 5.99. The van der Waals surface area contributed by atoms with Gasteiger partial charge in [-0.05, 0) is 31.2 Å². The number of nitrogens with one attached hydrogen (secondary N) is 1. The molecule has 0 bridgehead atoms. The average molecular weight is 527 g/mol. The van der Waals surface area contributed by atoms with E-state index in [0.717, 1.165) is 17.7 Å². The second kappa shape index (κ2) is 11.5. The van der Waals surface area contributed by atoms with Gasteiger partial charge in [0.1, 0.15) is 0 Å². The Bertz CT molecular complexity index is 1330. The second-order valence-corrected chi connectivity index (χ2v) is 8.69. The summed E-state index contributed by atoms with van der Waals surface area (Å²) in [4.78, 5) is 40.2. The molecule has 1 aliphatic heterocycles. The molecular weight excluding hydrogens is 501 g/mol. The molecule has 0 atom stereocenters. The predicted octanol–water partition coefficient (Wildman–Crippen LogP) is 4.88. The molecule has 0 aliphatic carbocycles. The molecular formula is C28H25F3N2O5. The Morgan fingerprint density at radius 1 is 0.947 bits per heavy atom. The average Bonchev–Trinajstić information content (AvgIpc) is 2.91. The molecule has 1 heterocycles. The molecule has 1 fully saturated rings. The van der Waals surface area contributed by atoms with Gasteiger partial charge in [0.2, 0.25) is 0 Å². The second-order valence-electron chi connectivity index (χ2n) is 8.69. The highest BCUT2D eigenvalue weighted by atomic mass is 19.4. The number of ketones is 1. The SMILES string of the molecule is Cc1ccc(C(=O)c2ccccc2C(=O)OCC(=O)Nc2cc(C(F)(F)F)ccc2N2CCOCC2)cc1. The number of carbonyl (C=O) groups excluding carboxylic acids is 3. The summed E-state index contributed by atoms with van der Waals surface area (Å²) in [6.07, 6.45) is -4.61. The zero-order chi connectivity index (χ0) is 27.3. The predicted molar refractivity (Wildman–Crippen MR) is 134 cm³/mol. The van der Waals surface area contributed by atoms with Crippen molar-refractivity contribution in [3.05, 3.63) is 94.5 Å². The molecule has 1 amide bonds. The standard InChI is InChI=1S/C28H25F3N2O5/c1-18-6-8-19(9-7-18)26(35)21-4-2-3-5-22(21)27(36)38-17-25(34)32-23-16-20(28(29,30)31)10-11-24(23)33-12-14-37-15-13-33/h2-11,16H,12-15,17H2,1H3,(H,32,34). The third kappa shape index (κ3) is 6.38. The molecule has 7 nitrogen and oxygen atoms in total. The molecule has 0 spiro atoms. The van der Waals surface area contributed by atoms with Gasteiger partial charge in [-0.25, -0.2) is 4.79 Å². The Hall–Kier alpha value is -4.18. The van der Waals surface area contributed by atoms with E-state index >= 15 is 0 Å². The lowest BCUT2D eigenvalue weighted by Crippen LogP contribution is -2.37. The number of benzene rings is 3. The van der Waals surface area contributed by atoms with Crippen molar-refractivity contribution in [1.82, 2.24) is 0 Å². The summed E-state index contributed by atoms with van der Waals surface area (Å²) in [7, 11) is 0. The molecule has 3 aromatic rings. The van der Waals surface area contributed by atoms with Gasteiger partial charge >= 0.3 is 12.1 Å². The number of hydrogen-bond acceptors (Lipinski definition) is 6. The van der Waals surface area contributed by atoms with Gasteiger partial charge in [0.05, 0.1) is 35.7 Å². The van der Waals surface area contributed by atoms with Crippen LogP contribution in [0, 0.1) is 6.92 Å². The van der Waals surface area contributed by atoms with Crippen LogP contribution in [-0.2, 0) is 20.4 Å². The minimum absolute atomic E-state index is 0.0288. The van der Waals surface area contributed by atoms with Gasteiger partial charge < -0.3 is 19.7 Å². The molecule has 10 heteroatoms. The van der Waals surface area contributed by atoms with Crippen LogP contribution in [-0.4, -0.2) is 50.6 Å². The molecule has 0 aromatic heterocycles. The lowest BCUT2D eigenvalue weighted by molar-refractivity contribution is -0.137. The van der Waals surface area contributed by atoms with Gasteiger partial charge in [-0.1, -0.05) is 48.0 Å².